The van der Waals surface area contributed by atoms with E-state index in [4.69, 9.17) is 0 Å². The number of aromatic nitrogens is 3. The minimum atomic E-state index is -0.169. The van der Waals surface area contributed by atoms with Crippen molar-refractivity contribution >= 4 is 29.3 Å². The smallest absolute Gasteiger partial charge is 0.251 e. The second-order valence-corrected chi connectivity index (χ2v) is 7.44. The van der Waals surface area contributed by atoms with Gasteiger partial charge in [-0.2, -0.15) is 0 Å². The maximum absolute atomic E-state index is 12.5. The summed E-state index contributed by atoms with van der Waals surface area (Å²) in [5.74, 6) is 0.494. The molecule has 1 heterocycles. The Morgan fingerprint density at radius 1 is 1.10 bits per heavy atom. The van der Waals surface area contributed by atoms with E-state index in [9.17, 15) is 9.59 Å². The molecule has 0 spiro atoms. The molecule has 0 saturated carbocycles. The molecule has 0 radical (unpaired) electrons. The van der Waals surface area contributed by atoms with Crippen LogP contribution in [0.4, 0.5) is 5.69 Å². The Morgan fingerprint density at radius 2 is 1.83 bits per heavy atom. The second-order valence-electron chi connectivity index (χ2n) is 6.50. The van der Waals surface area contributed by atoms with E-state index in [0.717, 1.165) is 11.3 Å². The van der Waals surface area contributed by atoms with Crippen molar-refractivity contribution in [3.63, 3.8) is 0 Å². The first-order valence-corrected chi connectivity index (χ1v) is 10.4. The van der Waals surface area contributed by atoms with Gasteiger partial charge in [0, 0.05) is 17.8 Å². The fraction of sp³-hybridized carbons (Fsp3) is 0.182. The first kappa shape index (κ1) is 21.3. The Hall–Kier alpha value is -3.39. The van der Waals surface area contributed by atoms with Gasteiger partial charge in [-0.3, -0.25) is 9.59 Å². The summed E-state index contributed by atoms with van der Waals surface area (Å²) in [6.45, 7) is 6.37. The maximum atomic E-state index is 12.5. The van der Waals surface area contributed by atoms with E-state index in [2.05, 4.69) is 27.4 Å². The van der Waals surface area contributed by atoms with Gasteiger partial charge in [-0.25, -0.2) is 0 Å². The van der Waals surface area contributed by atoms with Crippen LogP contribution in [0.1, 0.15) is 21.7 Å². The number of amides is 2. The molecule has 30 heavy (non-hydrogen) atoms. The number of anilines is 1. The quantitative estimate of drug-likeness (QED) is 0.408. The van der Waals surface area contributed by atoms with Gasteiger partial charge in [-0.15, -0.1) is 16.8 Å². The highest BCUT2D eigenvalue weighted by molar-refractivity contribution is 7.99. The molecule has 7 nitrogen and oxygen atoms in total. The minimum absolute atomic E-state index is 0.131. The molecule has 2 N–H and O–H groups in total. The largest absolute Gasteiger partial charge is 0.345 e. The van der Waals surface area contributed by atoms with E-state index in [1.165, 1.54) is 11.8 Å². The molecule has 8 heteroatoms. The summed E-state index contributed by atoms with van der Waals surface area (Å²) in [5, 5.41) is 14.7. The van der Waals surface area contributed by atoms with E-state index in [1.54, 1.807) is 12.1 Å². The van der Waals surface area contributed by atoms with E-state index < -0.39 is 0 Å². The third kappa shape index (κ3) is 5.57. The average Bonchev–Trinajstić information content (AvgIpc) is 3.13. The van der Waals surface area contributed by atoms with Crippen molar-refractivity contribution in [3.05, 3.63) is 84.2 Å². The normalized spacial score (nSPS) is 10.4. The van der Waals surface area contributed by atoms with Crippen molar-refractivity contribution in [2.45, 2.75) is 25.2 Å². The number of hydrogen-bond acceptors (Lipinski definition) is 5. The average molecular weight is 422 g/mol. The number of allylic oxidation sites excluding steroid dienone is 1. The molecular formula is C22H23N5O2S. The van der Waals surface area contributed by atoms with Gasteiger partial charge in [-0.05, 0) is 30.7 Å². The number of para-hydroxylation sites is 1. The van der Waals surface area contributed by atoms with Gasteiger partial charge in [-0.1, -0.05) is 54.2 Å². The summed E-state index contributed by atoms with van der Waals surface area (Å²) in [6, 6.07) is 16.7. The molecule has 3 rings (SSSR count). The van der Waals surface area contributed by atoms with Gasteiger partial charge >= 0.3 is 0 Å². The zero-order valence-corrected chi connectivity index (χ0v) is 17.5. The Kier molecular flexibility index (Phi) is 7.40. The van der Waals surface area contributed by atoms with Crippen LogP contribution in [0, 0.1) is 6.92 Å². The summed E-state index contributed by atoms with van der Waals surface area (Å²) in [6.07, 6.45) is 1.73. The predicted molar refractivity (Wildman–Crippen MR) is 118 cm³/mol. The Balaban J connectivity index is 1.61. The van der Waals surface area contributed by atoms with Crippen LogP contribution in [0.3, 0.4) is 0 Å². The number of hydrogen-bond donors (Lipinski definition) is 2. The van der Waals surface area contributed by atoms with Gasteiger partial charge in [0.2, 0.25) is 5.91 Å². The van der Waals surface area contributed by atoms with Gasteiger partial charge in [0.15, 0.2) is 11.0 Å². The number of nitrogens with zero attached hydrogens (tertiary/aromatic N) is 3. The number of carbonyl (C=O) groups excluding carboxylic acids is 2. The van der Waals surface area contributed by atoms with Crippen LogP contribution in [-0.4, -0.2) is 32.3 Å². The van der Waals surface area contributed by atoms with Crippen LogP contribution in [0.15, 0.2) is 72.4 Å². The molecule has 0 aliphatic carbocycles. The van der Waals surface area contributed by atoms with Crippen molar-refractivity contribution in [1.29, 1.82) is 0 Å². The third-order valence-electron chi connectivity index (χ3n) is 4.29. The lowest BCUT2D eigenvalue weighted by Gasteiger charge is -2.10. The van der Waals surface area contributed by atoms with Crippen LogP contribution in [0.2, 0.25) is 0 Å². The highest BCUT2D eigenvalue weighted by Crippen LogP contribution is 2.18. The molecule has 3 aromatic rings. The predicted octanol–water partition coefficient (Wildman–Crippen LogP) is 3.43. The Bertz CT molecular complexity index is 1030. The van der Waals surface area contributed by atoms with E-state index in [-0.39, 0.29) is 24.1 Å². The molecule has 0 fully saturated rings. The lowest BCUT2D eigenvalue weighted by atomic mass is 10.1. The SMILES string of the molecule is C=CCn1c(CNC(=O)c2ccccc2C)nnc1SCC(=O)Nc1ccccc1. The van der Waals surface area contributed by atoms with Crippen molar-refractivity contribution in [2.24, 2.45) is 0 Å². The minimum Gasteiger partial charge on any atom is -0.345 e. The summed E-state index contributed by atoms with van der Waals surface area (Å²) in [4.78, 5) is 24.7. The summed E-state index contributed by atoms with van der Waals surface area (Å²) < 4.78 is 1.84. The number of aryl methyl sites for hydroxylation is 1. The number of carbonyl (C=O) groups is 2. The molecule has 0 saturated heterocycles. The number of benzene rings is 2. The zero-order chi connectivity index (χ0) is 21.3. The highest BCUT2D eigenvalue weighted by atomic mass is 32.2. The van der Waals surface area contributed by atoms with Crippen molar-refractivity contribution in [2.75, 3.05) is 11.1 Å². The Morgan fingerprint density at radius 3 is 2.57 bits per heavy atom. The van der Waals surface area contributed by atoms with Crippen LogP contribution in [-0.2, 0) is 17.9 Å². The van der Waals surface area contributed by atoms with Gasteiger partial charge < -0.3 is 15.2 Å². The van der Waals surface area contributed by atoms with Crippen LogP contribution >= 0.6 is 11.8 Å². The van der Waals surface area contributed by atoms with Crippen molar-refractivity contribution < 1.29 is 9.59 Å². The molecule has 0 aliphatic heterocycles. The molecule has 1 aromatic heterocycles. The van der Waals surface area contributed by atoms with E-state index in [1.807, 2.05) is 60.0 Å². The zero-order valence-electron chi connectivity index (χ0n) is 16.7. The standard InChI is InChI=1S/C22H23N5O2S/c1-3-13-27-19(14-23-21(29)18-12-8-7-9-16(18)2)25-26-22(27)30-15-20(28)24-17-10-5-4-6-11-17/h3-12H,1,13-15H2,2H3,(H,23,29)(H,24,28). The van der Waals surface area contributed by atoms with Crippen LogP contribution in [0.5, 0.6) is 0 Å². The molecule has 154 valence electrons. The molecule has 0 bridgehead atoms. The molecule has 0 unspecified atom stereocenters. The lowest BCUT2D eigenvalue weighted by molar-refractivity contribution is -0.113. The molecular weight excluding hydrogens is 398 g/mol. The monoisotopic (exact) mass is 421 g/mol. The number of thioether (sulfide) groups is 1. The van der Waals surface area contributed by atoms with Crippen molar-refractivity contribution in [1.82, 2.24) is 20.1 Å². The van der Waals surface area contributed by atoms with Crippen LogP contribution in [0.25, 0.3) is 0 Å². The molecule has 2 amide bonds. The Labute approximate surface area is 179 Å². The number of nitrogens with one attached hydrogen (secondary N) is 2. The molecule has 0 atom stereocenters. The van der Waals surface area contributed by atoms with E-state index >= 15 is 0 Å². The summed E-state index contributed by atoms with van der Waals surface area (Å²) in [7, 11) is 0. The first-order valence-electron chi connectivity index (χ1n) is 9.43. The number of rotatable bonds is 9. The van der Waals surface area contributed by atoms with Crippen LogP contribution < -0.4 is 10.6 Å². The van der Waals surface area contributed by atoms with Gasteiger partial charge in [0.25, 0.3) is 5.91 Å². The van der Waals surface area contributed by atoms with Gasteiger partial charge in [0.1, 0.15) is 0 Å². The highest BCUT2D eigenvalue weighted by Gasteiger charge is 2.15. The van der Waals surface area contributed by atoms with E-state index in [0.29, 0.717) is 23.1 Å². The first-order chi connectivity index (χ1) is 14.6. The third-order valence-corrected chi connectivity index (χ3v) is 5.26. The van der Waals surface area contributed by atoms with Gasteiger partial charge in [0.05, 0.1) is 12.3 Å². The second kappa shape index (κ2) is 10.4. The fourth-order valence-electron chi connectivity index (χ4n) is 2.80. The summed E-state index contributed by atoms with van der Waals surface area (Å²) in [5.41, 5.74) is 2.28. The topological polar surface area (TPSA) is 88.9 Å². The van der Waals surface area contributed by atoms with Crippen molar-refractivity contribution in [3.8, 4) is 0 Å². The lowest BCUT2D eigenvalue weighted by Crippen LogP contribution is -2.25. The fourth-order valence-corrected chi connectivity index (χ4v) is 3.57. The summed E-state index contributed by atoms with van der Waals surface area (Å²) >= 11 is 1.29. The molecule has 0 aliphatic rings. The maximum Gasteiger partial charge on any atom is 0.251 e. The molecule has 2 aromatic carbocycles.